The molecule has 2 N–H and O–H groups in total. The smallest absolute Gasteiger partial charge is 0.422 e. The average Bonchev–Trinajstić information content (AvgIpc) is 3.32. The largest absolute Gasteiger partial charge is 0.483 e. The summed E-state index contributed by atoms with van der Waals surface area (Å²) in [6.07, 6.45) is 2.02. The van der Waals surface area contributed by atoms with Gasteiger partial charge in [0.15, 0.2) is 6.61 Å². The Hall–Kier alpha value is -2.75. The van der Waals surface area contributed by atoms with E-state index in [9.17, 15) is 18.3 Å². The zero-order valence-electron chi connectivity index (χ0n) is 16.0. The van der Waals surface area contributed by atoms with Crippen molar-refractivity contribution in [1.29, 1.82) is 0 Å². The molecule has 0 atom stereocenters. The van der Waals surface area contributed by atoms with Crippen LogP contribution in [0.1, 0.15) is 5.56 Å². The standard InChI is InChI=1S/C20H15Cl2F3N4O2/c1-29-7-10(5-28-29)12-6-27-19-15(11(8-30)4-26-19)16(12)17-13(21)2-3-14(18(17)22)31-9-20(23,24)25/h2-7,30H,8-9H2,1H3,(H,26,27). The van der Waals surface area contributed by atoms with Gasteiger partial charge in [0.2, 0.25) is 0 Å². The minimum atomic E-state index is -4.53. The monoisotopic (exact) mass is 470 g/mol. The van der Waals surface area contributed by atoms with Gasteiger partial charge in [0.25, 0.3) is 0 Å². The first-order valence-electron chi connectivity index (χ1n) is 8.96. The van der Waals surface area contributed by atoms with E-state index in [0.717, 1.165) is 0 Å². The van der Waals surface area contributed by atoms with Crippen LogP contribution in [0.25, 0.3) is 33.3 Å². The van der Waals surface area contributed by atoms with Crippen LogP contribution in [-0.2, 0) is 13.7 Å². The van der Waals surface area contributed by atoms with Gasteiger partial charge in [-0.25, -0.2) is 4.98 Å². The first kappa shape index (κ1) is 21.5. The molecule has 31 heavy (non-hydrogen) atoms. The van der Waals surface area contributed by atoms with E-state index in [1.165, 1.54) is 12.1 Å². The van der Waals surface area contributed by atoms with Crippen molar-refractivity contribution in [3.8, 4) is 28.0 Å². The third kappa shape index (κ3) is 4.08. The number of ether oxygens (including phenoxy) is 1. The van der Waals surface area contributed by atoms with E-state index in [2.05, 4.69) is 15.1 Å². The summed E-state index contributed by atoms with van der Waals surface area (Å²) in [4.78, 5) is 7.38. The molecule has 11 heteroatoms. The van der Waals surface area contributed by atoms with Crippen molar-refractivity contribution in [1.82, 2.24) is 19.7 Å². The number of aromatic nitrogens is 4. The number of rotatable bonds is 5. The zero-order valence-corrected chi connectivity index (χ0v) is 17.5. The molecule has 4 rings (SSSR count). The highest BCUT2D eigenvalue weighted by Gasteiger charge is 2.30. The third-order valence-corrected chi connectivity index (χ3v) is 5.36. The number of H-pyrrole nitrogens is 1. The van der Waals surface area contributed by atoms with Crippen LogP contribution in [0.5, 0.6) is 5.75 Å². The topological polar surface area (TPSA) is 76.0 Å². The Bertz CT molecular complexity index is 1270. The van der Waals surface area contributed by atoms with E-state index < -0.39 is 12.8 Å². The van der Waals surface area contributed by atoms with Gasteiger partial charge in [-0.2, -0.15) is 18.3 Å². The molecule has 0 unspecified atom stereocenters. The maximum absolute atomic E-state index is 12.7. The molecule has 0 aliphatic heterocycles. The Morgan fingerprint density at radius 2 is 1.97 bits per heavy atom. The van der Waals surface area contributed by atoms with Crippen LogP contribution in [0.4, 0.5) is 13.2 Å². The molecule has 0 bridgehead atoms. The number of hydrogen-bond acceptors (Lipinski definition) is 4. The zero-order chi connectivity index (χ0) is 22.3. The average molecular weight is 471 g/mol. The van der Waals surface area contributed by atoms with Crippen molar-refractivity contribution >= 4 is 34.2 Å². The van der Waals surface area contributed by atoms with Crippen LogP contribution in [0, 0.1) is 0 Å². The Labute approximate surface area is 184 Å². The molecule has 6 nitrogen and oxygen atoms in total. The summed E-state index contributed by atoms with van der Waals surface area (Å²) in [5.74, 6) is -0.165. The number of aryl methyl sites for hydroxylation is 1. The quantitative estimate of drug-likeness (QED) is 0.411. The number of aliphatic hydroxyl groups excluding tert-OH is 1. The van der Waals surface area contributed by atoms with Crippen molar-refractivity contribution in [2.45, 2.75) is 12.8 Å². The molecule has 3 aromatic heterocycles. The lowest BCUT2D eigenvalue weighted by atomic mass is 9.93. The molecule has 0 amide bonds. The number of halogens is 5. The van der Waals surface area contributed by atoms with Crippen LogP contribution in [0.2, 0.25) is 10.0 Å². The van der Waals surface area contributed by atoms with Crippen molar-refractivity contribution < 1.29 is 23.0 Å². The number of pyridine rings is 1. The number of alkyl halides is 3. The Kier molecular flexibility index (Phi) is 5.59. The van der Waals surface area contributed by atoms with Gasteiger partial charge in [-0.15, -0.1) is 0 Å². The Morgan fingerprint density at radius 1 is 1.19 bits per heavy atom. The summed E-state index contributed by atoms with van der Waals surface area (Å²) in [5, 5.41) is 14.7. The summed E-state index contributed by atoms with van der Waals surface area (Å²) in [6.45, 7) is -1.80. The van der Waals surface area contributed by atoms with E-state index >= 15 is 0 Å². The van der Waals surface area contributed by atoms with Gasteiger partial charge in [-0.3, -0.25) is 4.68 Å². The fraction of sp³-hybridized carbons (Fsp3) is 0.200. The second-order valence-corrected chi connectivity index (χ2v) is 7.57. The fourth-order valence-electron chi connectivity index (χ4n) is 3.36. The molecular formula is C20H15Cl2F3N4O2. The predicted molar refractivity (Wildman–Crippen MR) is 111 cm³/mol. The van der Waals surface area contributed by atoms with Gasteiger partial charge in [-0.05, 0) is 12.1 Å². The van der Waals surface area contributed by atoms with E-state index in [4.69, 9.17) is 27.9 Å². The summed E-state index contributed by atoms with van der Waals surface area (Å²) in [7, 11) is 1.75. The number of nitrogens with one attached hydrogen (secondary N) is 1. The summed E-state index contributed by atoms with van der Waals surface area (Å²) in [6, 6.07) is 2.70. The second-order valence-electron chi connectivity index (χ2n) is 6.78. The molecule has 0 aliphatic rings. The van der Waals surface area contributed by atoms with Crippen molar-refractivity contribution in [2.24, 2.45) is 7.05 Å². The molecule has 0 spiro atoms. The molecule has 0 aliphatic carbocycles. The Balaban J connectivity index is 2.02. The summed E-state index contributed by atoms with van der Waals surface area (Å²) >= 11 is 13.0. The lowest BCUT2D eigenvalue weighted by Crippen LogP contribution is -2.19. The molecule has 4 aromatic rings. The van der Waals surface area contributed by atoms with Crippen LogP contribution in [0.3, 0.4) is 0 Å². The molecule has 0 fully saturated rings. The van der Waals surface area contributed by atoms with E-state index in [1.54, 1.807) is 36.5 Å². The molecule has 162 valence electrons. The normalized spacial score (nSPS) is 12.0. The van der Waals surface area contributed by atoms with E-state index in [0.29, 0.717) is 33.3 Å². The second kappa shape index (κ2) is 8.07. The highest BCUT2D eigenvalue weighted by atomic mass is 35.5. The number of aliphatic hydroxyl groups is 1. The summed E-state index contributed by atoms with van der Waals surface area (Å²) < 4.78 is 44.6. The van der Waals surface area contributed by atoms with Crippen molar-refractivity contribution in [3.63, 3.8) is 0 Å². The highest BCUT2D eigenvalue weighted by molar-refractivity contribution is 6.41. The maximum atomic E-state index is 12.7. The van der Waals surface area contributed by atoms with Crippen LogP contribution in [-0.4, -0.2) is 37.6 Å². The van der Waals surface area contributed by atoms with Crippen molar-refractivity contribution in [3.05, 3.63) is 52.5 Å². The van der Waals surface area contributed by atoms with Crippen LogP contribution >= 0.6 is 23.2 Å². The fourth-order valence-corrected chi connectivity index (χ4v) is 3.97. The van der Waals surface area contributed by atoms with Gasteiger partial charge < -0.3 is 14.8 Å². The highest BCUT2D eigenvalue weighted by Crippen LogP contribution is 2.47. The van der Waals surface area contributed by atoms with Crippen molar-refractivity contribution in [2.75, 3.05) is 6.61 Å². The first-order valence-corrected chi connectivity index (χ1v) is 9.72. The molecule has 0 radical (unpaired) electrons. The molecule has 3 heterocycles. The van der Waals surface area contributed by atoms with Gasteiger partial charge in [0.1, 0.15) is 11.4 Å². The van der Waals surface area contributed by atoms with Gasteiger partial charge >= 0.3 is 6.18 Å². The lowest BCUT2D eigenvalue weighted by Gasteiger charge is -2.17. The van der Waals surface area contributed by atoms with Crippen LogP contribution < -0.4 is 4.74 Å². The third-order valence-electron chi connectivity index (χ3n) is 4.67. The lowest BCUT2D eigenvalue weighted by molar-refractivity contribution is -0.153. The van der Waals surface area contributed by atoms with E-state index in [1.807, 2.05) is 0 Å². The van der Waals surface area contributed by atoms with Gasteiger partial charge in [0.05, 0.1) is 22.8 Å². The number of nitrogens with zero attached hydrogens (tertiary/aromatic N) is 3. The summed E-state index contributed by atoms with van der Waals surface area (Å²) in [5.41, 5.74) is 3.02. The van der Waals surface area contributed by atoms with Crippen LogP contribution in [0.15, 0.2) is 36.9 Å². The molecule has 0 saturated heterocycles. The SMILES string of the molecule is Cn1cc(-c2cnc3[nH]cc(CO)c3c2-c2c(Cl)ccc(OCC(F)(F)F)c2Cl)cn1. The van der Waals surface area contributed by atoms with Gasteiger partial charge in [0, 0.05) is 58.8 Å². The minimum absolute atomic E-state index is 0.0838. The van der Waals surface area contributed by atoms with E-state index in [-0.39, 0.29) is 28.0 Å². The number of aromatic amines is 1. The number of hydrogen-bond donors (Lipinski definition) is 2. The predicted octanol–water partition coefficient (Wildman–Crippen LogP) is 5.37. The number of benzene rings is 1. The maximum Gasteiger partial charge on any atom is 0.422 e. The molecular weight excluding hydrogens is 456 g/mol. The molecule has 1 aromatic carbocycles. The Morgan fingerprint density at radius 3 is 2.61 bits per heavy atom. The number of fused-ring (bicyclic) bond motifs is 1. The van der Waals surface area contributed by atoms with Gasteiger partial charge in [-0.1, -0.05) is 23.2 Å². The first-order chi connectivity index (χ1) is 14.7. The molecule has 0 saturated carbocycles. The minimum Gasteiger partial charge on any atom is -0.483 e.